The standard InChI is InChI=1S/C19H13N5O4S/c1-12-7-16(24(27)28)5-6-17(12)21-10-14(9-20)19-22-18(11-29-19)13-3-2-4-15(8-13)23(25)26/h2-8,10-11,21H,1H3. The van der Waals surface area contributed by atoms with Gasteiger partial charge in [-0.1, -0.05) is 12.1 Å². The fourth-order valence-electron chi connectivity index (χ4n) is 2.52. The molecule has 10 heteroatoms. The molecule has 0 amide bonds. The molecular weight excluding hydrogens is 394 g/mol. The Labute approximate surface area is 168 Å². The number of hydrogen-bond acceptors (Lipinski definition) is 8. The van der Waals surface area contributed by atoms with Crippen LogP contribution in [0.25, 0.3) is 16.8 Å². The van der Waals surface area contributed by atoms with Gasteiger partial charge in [-0.2, -0.15) is 5.26 Å². The van der Waals surface area contributed by atoms with E-state index in [1.165, 1.54) is 41.8 Å². The molecule has 0 atom stereocenters. The number of hydrogen-bond donors (Lipinski definition) is 1. The largest absolute Gasteiger partial charge is 0.360 e. The van der Waals surface area contributed by atoms with Crippen molar-refractivity contribution in [2.75, 3.05) is 5.32 Å². The second-order valence-electron chi connectivity index (χ2n) is 5.92. The van der Waals surface area contributed by atoms with Crippen molar-refractivity contribution < 1.29 is 9.85 Å². The van der Waals surface area contributed by atoms with Crippen LogP contribution in [0, 0.1) is 38.5 Å². The van der Waals surface area contributed by atoms with E-state index >= 15 is 0 Å². The number of non-ortho nitro benzene ring substituents is 2. The summed E-state index contributed by atoms with van der Waals surface area (Å²) in [6, 6.07) is 12.5. The van der Waals surface area contributed by atoms with Crippen molar-refractivity contribution in [3.8, 4) is 17.3 Å². The van der Waals surface area contributed by atoms with Crippen LogP contribution in [0.4, 0.5) is 17.1 Å². The van der Waals surface area contributed by atoms with Crippen molar-refractivity contribution in [2.45, 2.75) is 6.92 Å². The number of rotatable bonds is 6. The average Bonchev–Trinajstić information content (AvgIpc) is 3.19. The van der Waals surface area contributed by atoms with E-state index in [9.17, 15) is 25.5 Å². The van der Waals surface area contributed by atoms with Crippen molar-refractivity contribution in [2.24, 2.45) is 0 Å². The van der Waals surface area contributed by atoms with Crippen LogP contribution in [-0.2, 0) is 0 Å². The van der Waals surface area contributed by atoms with Crippen LogP contribution in [0.15, 0.2) is 54.0 Å². The molecule has 3 aromatic rings. The summed E-state index contributed by atoms with van der Waals surface area (Å²) < 4.78 is 0. The molecule has 144 valence electrons. The molecule has 0 radical (unpaired) electrons. The zero-order chi connectivity index (χ0) is 21.0. The number of benzene rings is 2. The van der Waals surface area contributed by atoms with Crippen molar-refractivity contribution in [1.82, 2.24) is 4.98 Å². The highest BCUT2D eigenvalue weighted by Gasteiger charge is 2.13. The summed E-state index contributed by atoms with van der Waals surface area (Å²) in [5, 5.41) is 36.4. The Bertz CT molecular complexity index is 1180. The Balaban J connectivity index is 1.84. The Kier molecular flexibility index (Phi) is 5.61. The van der Waals surface area contributed by atoms with Gasteiger partial charge >= 0.3 is 0 Å². The highest BCUT2D eigenvalue weighted by Crippen LogP contribution is 2.28. The molecule has 0 aliphatic heterocycles. The smallest absolute Gasteiger partial charge is 0.270 e. The normalized spacial score (nSPS) is 11.0. The number of nitrogens with zero attached hydrogens (tertiary/aromatic N) is 4. The average molecular weight is 407 g/mol. The highest BCUT2D eigenvalue weighted by atomic mass is 32.1. The van der Waals surface area contributed by atoms with Gasteiger partial charge in [-0.05, 0) is 18.6 Å². The summed E-state index contributed by atoms with van der Waals surface area (Å²) in [4.78, 5) is 25.2. The summed E-state index contributed by atoms with van der Waals surface area (Å²) in [6.45, 7) is 1.72. The fourth-order valence-corrected chi connectivity index (χ4v) is 3.32. The molecule has 3 rings (SSSR count). The van der Waals surface area contributed by atoms with E-state index in [0.717, 1.165) is 0 Å². The molecule has 0 aliphatic carbocycles. The van der Waals surface area contributed by atoms with E-state index in [-0.39, 0.29) is 16.9 Å². The number of nitro benzene ring substituents is 2. The summed E-state index contributed by atoms with van der Waals surface area (Å²) in [6.07, 6.45) is 1.48. The van der Waals surface area contributed by atoms with E-state index in [2.05, 4.69) is 16.4 Å². The van der Waals surface area contributed by atoms with Gasteiger partial charge < -0.3 is 5.32 Å². The molecule has 0 unspecified atom stereocenters. The number of nitrogens with one attached hydrogen (secondary N) is 1. The Morgan fingerprint density at radius 1 is 1.17 bits per heavy atom. The van der Waals surface area contributed by atoms with E-state index < -0.39 is 9.85 Å². The maximum atomic E-state index is 10.9. The molecule has 0 fully saturated rings. The molecule has 1 N–H and O–H groups in total. The SMILES string of the molecule is Cc1cc([N+](=O)[O-])ccc1NC=C(C#N)c1nc(-c2cccc([N+](=O)[O-])c2)cs1. The van der Waals surface area contributed by atoms with E-state index in [1.54, 1.807) is 30.5 Å². The van der Waals surface area contributed by atoms with Crippen LogP contribution in [0.1, 0.15) is 10.6 Å². The number of aryl methyl sites for hydroxylation is 1. The van der Waals surface area contributed by atoms with Gasteiger partial charge in [-0.3, -0.25) is 20.2 Å². The van der Waals surface area contributed by atoms with Gasteiger partial charge in [-0.25, -0.2) is 4.98 Å². The quantitative estimate of drug-likeness (QED) is 0.348. The molecule has 2 aromatic carbocycles. The van der Waals surface area contributed by atoms with Crippen LogP contribution in [-0.4, -0.2) is 14.8 Å². The van der Waals surface area contributed by atoms with Gasteiger partial charge in [0.05, 0.1) is 15.5 Å². The van der Waals surface area contributed by atoms with Crippen molar-refractivity contribution in [3.05, 3.63) is 84.8 Å². The number of nitriles is 1. The maximum absolute atomic E-state index is 10.9. The minimum Gasteiger partial charge on any atom is -0.360 e. The first kappa shape index (κ1) is 19.7. The van der Waals surface area contributed by atoms with Crippen LogP contribution >= 0.6 is 11.3 Å². The van der Waals surface area contributed by atoms with Crippen molar-refractivity contribution >= 4 is 34.0 Å². The van der Waals surface area contributed by atoms with Gasteiger partial charge in [0.2, 0.25) is 0 Å². The lowest BCUT2D eigenvalue weighted by atomic mass is 10.1. The Hall–Kier alpha value is -4.10. The molecule has 0 bridgehead atoms. The van der Waals surface area contributed by atoms with Gasteiger partial charge in [0.15, 0.2) is 0 Å². The fraction of sp³-hybridized carbons (Fsp3) is 0.0526. The number of aromatic nitrogens is 1. The lowest BCUT2D eigenvalue weighted by molar-refractivity contribution is -0.385. The Morgan fingerprint density at radius 2 is 1.90 bits per heavy atom. The van der Waals surface area contributed by atoms with Crippen LogP contribution in [0.3, 0.4) is 0 Å². The topological polar surface area (TPSA) is 135 Å². The zero-order valence-corrected chi connectivity index (χ0v) is 15.8. The minimum atomic E-state index is -0.478. The van der Waals surface area contributed by atoms with Crippen LogP contribution < -0.4 is 5.32 Å². The number of anilines is 1. The maximum Gasteiger partial charge on any atom is 0.270 e. The monoisotopic (exact) mass is 407 g/mol. The van der Waals surface area contributed by atoms with Crippen molar-refractivity contribution in [3.63, 3.8) is 0 Å². The zero-order valence-electron chi connectivity index (χ0n) is 15.0. The summed E-state index contributed by atoms with van der Waals surface area (Å²) >= 11 is 1.24. The second-order valence-corrected chi connectivity index (χ2v) is 6.77. The minimum absolute atomic E-state index is 0.0148. The molecular formula is C19H13N5O4S. The predicted molar refractivity (Wildman–Crippen MR) is 109 cm³/mol. The number of thiazole rings is 1. The van der Waals surface area contributed by atoms with Crippen molar-refractivity contribution in [1.29, 1.82) is 5.26 Å². The molecule has 9 nitrogen and oxygen atoms in total. The van der Waals surface area contributed by atoms with E-state index in [0.29, 0.717) is 27.5 Å². The van der Waals surface area contributed by atoms with E-state index in [4.69, 9.17) is 0 Å². The lowest BCUT2D eigenvalue weighted by Gasteiger charge is -2.05. The molecule has 1 heterocycles. The molecule has 0 saturated carbocycles. The van der Waals surface area contributed by atoms with Gasteiger partial charge in [-0.15, -0.1) is 11.3 Å². The number of allylic oxidation sites excluding steroid dienone is 1. The summed E-state index contributed by atoms with van der Waals surface area (Å²) in [5.74, 6) is 0. The first-order valence-corrected chi connectivity index (χ1v) is 9.09. The molecule has 1 aromatic heterocycles. The number of nitro groups is 2. The Morgan fingerprint density at radius 3 is 2.55 bits per heavy atom. The first-order valence-electron chi connectivity index (χ1n) is 8.21. The van der Waals surface area contributed by atoms with Gasteiger partial charge in [0.25, 0.3) is 11.4 Å². The first-order chi connectivity index (χ1) is 13.9. The van der Waals surface area contributed by atoms with Crippen LogP contribution in [0.5, 0.6) is 0 Å². The lowest BCUT2D eigenvalue weighted by Crippen LogP contribution is -1.95. The van der Waals surface area contributed by atoms with E-state index in [1.807, 2.05) is 0 Å². The summed E-state index contributed by atoms with van der Waals surface area (Å²) in [5.41, 5.74) is 2.61. The third-order valence-corrected chi connectivity index (χ3v) is 4.88. The summed E-state index contributed by atoms with van der Waals surface area (Å²) in [7, 11) is 0. The van der Waals surface area contributed by atoms with Gasteiger partial charge in [0.1, 0.15) is 16.6 Å². The predicted octanol–water partition coefficient (Wildman–Crippen LogP) is 4.91. The highest BCUT2D eigenvalue weighted by molar-refractivity contribution is 7.11. The van der Waals surface area contributed by atoms with Gasteiger partial charge in [0, 0.05) is 47.1 Å². The second kappa shape index (κ2) is 8.28. The third-order valence-electron chi connectivity index (χ3n) is 4.00. The molecule has 29 heavy (non-hydrogen) atoms. The molecule has 0 aliphatic rings. The molecule has 0 spiro atoms. The van der Waals surface area contributed by atoms with Crippen LogP contribution in [0.2, 0.25) is 0 Å². The molecule has 0 saturated heterocycles. The third kappa shape index (κ3) is 4.42.